The van der Waals surface area contributed by atoms with E-state index in [1.807, 2.05) is 0 Å². The van der Waals surface area contributed by atoms with Crippen molar-refractivity contribution < 1.29 is 0 Å². The maximum atomic E-state index is 3.55. The first-order valence-corrected chi connectivity index (χ1v) is 6.35. The summed E-state index contributed by atoms with van der Waals surface area (Å²) in [5.74, 6) is 3.68. The van der Waals surface area contributed by atoms with Gasteiger partial charge in [-0.1, -0.05) is 34.1 Å². The Morgan fingerprint density at radius 3 is 2.57 bits per heavy atom. The average Bonchev–Trinajstić information content (AvgIpc) is 2.16. The number of piperidine rings is 1. The van der Waals surface area contributed by atoms with Gasteiger partial charge in [-0.15, -0.1) is 0 Å². The highest BCUT2D eigenvalue weighted by Gasteiger charge is 2.28. The van der Waals surface area contributed by atoms with Crippen molar-refractivity contribution in [3.05, 3.63) is 0 Å². The molecule has 1 aliphatic rings. The van der Waals surface area contributed by atoms with Gasteiger partial charge in [-0.25, -0.2) is 0 Å². The standard InChI is InChI=1S/C13H27N/c1-5-11(4)13-6-7-14-9-12(13)8-10(2)3/h10-14H,5-9H2,1-4H3. The molecule has 84 valence electrons. The van der Waals surface area contributed by atoms with E-state index in [2.05, 4.69) is 33.0 Å². The second kappa shape index (κ2) is 5.75. The zero-order valence-electron chi connectivity index (χ0n) is 10.3. The van der Waals surface area contributed by atoms with E-state index in [9.17, 15) is 0 Å². The Balaban J connectivity index is 2.49. The Bertz CT molecular complexity index is 153. The molecule has 0 bridgehead atoms. The molecule has 0 radical (unpaired) electrons. The average molecular weight is 197 g/mol. The van der Waals surface area contributed by atoms with Gasteiger partial charge in [-0.05, 0) is 49.6 Å². The van der Waals surface area contributed by atoms with Crippen molar-refractivity contribution in [3.8, 4) is 0 Å². The Hall–Kier alpha value is -0.0400. The molecule has 1 N–H and O–H groups in total. The Morgan fingerprint density at radius 1 is 1.29 bits per heavy atom. The molecule has 0 aliphatic carbocycles. The number of hydrogen-bond donors (Lipinski definition) is 1. The van der Waals surface area contributed by atoms with E-state index in [-0.39, 0.29) is 0 Å². The van der Waals surface area contributed by atoms with Gasteiger partial charge in [0.25, 0.3) is 0 Å². The van der Waals surface area contributed by atoms with Gasteiger partial charge in [0.15, 0.2) is 0 Å². The topological polar surface area (TPSA) is 12.0 Å². The monoisotopic (exact) mass is 197 g/mol. The molecule has 0 saturated carbocycles. The molecule has 1 nitrogen and oxygen atoms in total. The molecule has 3 atom stereocenters. The maximum Gasteiger partial charge on any atom is -0.00177 e. The third-order valence-electron chi connectivity index (χ3n) is 3.82. The number of hydrogen-bond acceptors (Lipinski definition) is 1. The molecule has 3 unspecified atom stereocenters. The minimum Gasteiger partial charge on any atom is -0.316 e. The third-order valence-corrected chi connectivity index (χ3v) is 3.82. The van der Waals surface area contributed by atoms with Gasteiger partial charge in [-0.3, -0.25) is 0 Å². The summed E-state index contributed by atoms with van der Waals surface area (Å²) >= 11 is 0. The van der Waals surface area contributed by atoms with E-state index in [0.29, 0.717) is 0 Å². The first-order valence-electron chi connectivity index (χ1n) is 6.35. The van der Waals surface area contributed by atoms with Gasteiger partial charge in [0.2, 0.25) is 0 Å². The molecule has 0 aromatic rings. The van der Waals surface area contributed by atoms with Crippen molar-refractivity contribution in [3.63, 3.8) is 0 Å². The van der Waals surface area contributed by atoms with Crippen LogP contribution in [0.5, 0.6) is 0 Å². The van der Waals surface area contributed by atoms with Crippen molar-refractivity contribution in [2.45, 2.75) is 47.0 Å². The Labute approximate surface area is 89.7 Å². The first-order chi connectivity index (χ1) is 6.65. The van der Waals surface area contributed by atoms with E-state index in [4.69, 9.17) is 0 Å². The Morgan fingerprint density at radius 2 is 2.00 bits per heavy atom. The van der Waals surface area contributed by atoms with Crippen LogP contribution in [-0.4, -0.2) is 13.1 Å². The molecule has 1 saturated heterocycles. The van der Waals surface area contributed by atoms with E-state index in [1.165, 1.54) is 32.4 Å². The first kappa shape index (κ1) is 12.0. The molecule has 0 aromatic carbocycles. The molecular formula is C13H27N. The highest BCUT2D eigenvalue weighted by atomic mass is 14.9. The molecule has 0 amide bonds. The van der Waals surface area contributed by atoms with E-state index >= 15 is 0 Å². The van der Waals surface area contributed by atoms with Crippen LogP contribution < -0.4 is 5.32 Å². The number of rotatable bonds is 4. The molecule has 1 heterocycles. The summed E-state index contributed by atoms with van der Waals surface area (Å²) < 4.78 is 0. The normalized spacial score (nSPS) is 30.6. The van der Waals surface area contributed by atoms with Crippen LogP contribution in [-0.2, 0) is 0 Å². The van der Waals surface area contributed by atoms with Crippen LogP contribution in [0.4, 0.5) is 0 Å². The fraction of sp³-hybridized carbons (Fsp3) is 1.00. The molecule has 0 spiro atoms. The second-order valence-electron chi connectivity index (χ2n) is 5.43. The molecule has 1 rings (SSSR count). The SMILES string of the molecule is CCC(C)C1CCNCC1CC(C)C. The van der Waals surface area contributed by atoms with Crippen LogP contribution >= 0.6 is 0 Å². The highest BCUT2D eigenvalue weighted by Crippen LogP contribution is 2.32. The van der Waals surface area contributed by atoms with Gasteiger partial charge in [0, 0.05) is 0 Å². The second-order valence-corrected chi connectivity index (χ2v) is 5.43. The van der Waals surface area contributed by atoms with Crippen molar-refractivity contribution >= 4 is 0 Å². The van der Waals surface area contributed by atoms with Crippen LogP contribution in [0.25, 0.3) is 0 Å². The van der Waals surface area contributed by atoms with Crippen molar-refractivity contribution in [1.82, 2.24) is 5.32 Å². The highest BCUT2D eigenvalue weighted by molar-refractivity contribution is 4.81. The molecule has 0 aromatic heterocycles. The molecule has 1 heteroatoms. The van der Waals surface area contributed by atoms with Gasteiger partial charge < -0.3 is 5.32 Å². The lowest BCUT2D eigenvalue weighted by Crippen LogP contribution is -2.39. The summed E-state index contributed by atoms with van der Waals surface area (Å²) in [6, 6.07) is 0. The molecule has 1 aliphatic heterocycles. The van der Waals surface area contributed by atoms with Crippen LogP contribution in [0.2, 0.25) is 0 Å². The zero-order chi connectivity index (χ0) is 10.6. The summed E-state index contributed by atoms with van der Waals surface area (Å²) in [6.45, 7) is 12.0. The van der Waals surface area contributed by atoms with Crippen LogP contribution in [0.3, 0.4) is 0 Å². The van der Waals surface area contributed by atoms with Gasteiger partial charge in [0.05, 0.1) is 0 Å². The van der Waals surface area contributed by atoms with Crippen molar-refractivity contribution in [2.75, 3.05) is 13.1 Å². The lowest BCUT2D eigenvalue weighted by molar-refractivity contribution is 0.158. The van der Waals surface area contributed by atoms with Crippen LogP contribution in [0, 0.1) is 23.7 Å². The smallest absolute Gasteiger partial charge is 0.00177 e. The van der Waals surface area contributed by atoms with Crippen LogP contribution in [0.15, 0.2) is 0 Å². The minimum atomic E-state index is 0.853. The van der Waals surface area contributed by atoms with Gasteiger partial charge in [-0.2, -0.15) is 0 Å². The third kappa shape index (κ3) is 3.27. The maximum absolute atomic E-state index is 3.55. The summed E-state index contributed by atoms with van der Waals surface area (Å²) in [6.07, 6.45) is 4.15. The van der Waals surface area contributed by atoms with Crippen LogP contribution in [0.1, 0.15) is 47.0 Å². The zero-order valence-corrected chi connectivity index (χ0v) is 10.3. The molecular weight excluding hydrogens is 170 g/mol. The fourth-order valence-electron chi connectivity index (χ4n) is 2.86. The quantitative estimate of drug-likeness (QED) is 0.729. The van der Waals surface area contributed by atoms with E-state index < -0.39 is 0 Å². The van der Waals surface area contributed by atoms with Gasteiger partial charge in [0.1, 0.15) is 0 Å². The summed E-state index contributed by atoms with van der Waals surface area (Å²) in [4.78, 5) is 0. The Kier molecular flexibility index (Phi) is 4.94. The molecule has 1 fully saturated rings. The largest absolute Gasteiger partial charge is 0.316 e. The lowest BCUT2D eigenvalue weighted by Gasteiger charge is -2.37. The predicted molar refractivity (Wildman–Crippen MR) is 63.4 cm³/mol. The summed E-state index contributed by atoms with van der Waals surface area (Å²) in [7, 11) is 0. The fourth-order valence-corrected chi connectivity index (χ4v) is 2.86. The van der Waals surface area contributed by atoms with E-state index in [0.717, 1.165) is 23.7 Å². The summed E-state index contributed by atoms with van der Waals surface area (Å²) in [5, 5.41) is 3.55. The van der Waals surface area contributed by atoms with Crippen molar-refractivity contribution in [1.29, 1.82) is 0 Å². The minimum absolute atomic E-state index is 0.853. The molecule has 14 heavy (non-hydrogen) atoms. The van der Waals surface area contributed by atoms with E-state index in [1.54, 1.807) is 0 Å². The van der Waals surface area contributed by atoms with Gasteiger partial charge >= 0.3 is 0 Å². The number of nitrogens with one attached hydrogen (secondary N) is 1. The summed E-state index contributed by atoms with van der Waals surface area (Å²) in [5.41, 5.74) is 0. The lowest BCUT2D eigenvalue weighted by atomic mass is 9.74. The van der Waals surface area contributed by atoms with Crippen molar-refractivity contribution in [2.24, 2.45) is 23.7 Å². The predicted octanol–water partition coefficient (Wildman–Crippen LogP) is 3.30.